The smallest absolute Gasteiger partial charge is 0.429 e. The minimum atomic E-state index is -4.08. The number of hydrogen-bond donors (Lipinski definition) is 0. The molecule has 0 fully saturated rings. The van der Waals surface area contributed by atoms with Crippen molar-refractivity contribution in [1.29, 1.82) is 0 Å². The third-order valence-electron chi connectivity index (χ3n) is 3.63. The zero-order chi connectivity index (χ0) is 18.9. The summed E-state index contributed by atoms with van der Waals surface area (Å²) >= 11 is 0. The molecule has 3 rings (SSSR count). The van der Waals surface area contributed by atoms with Gasteiger partial charge in [0.1, 0.15) is 11.6 Å². The van der Waals surface area contributed by atoms with E-state index in [2.05, 4.69) is 9.72 Å². The van der Waals surface area contributed by atoms with Crippen LogP contribution >= 0.6 is 0 Å². The van der Waals surface area contributed by atoms with Gasteiger partial charge in [0.15, 0.2) is 11.6 Å². The molecule has 0 saturated heterocycles. The van der Waals surface area contributed by atoms with Crippen molar-refractivity contribution in [3.05, 3.63) is 83.3 Å². The molecule has 0 unspecified atom stereocenters. The van der Waals surface area contributed by atoms with Crippen LogP contribution in [0.3, 0.4) is 0 Å². The molecule has 0 saturated carbocycles. The predicted octanol–water partition coefficient (Wildman–Crippen LogP) is 5.60. The summed E-state index contributed by atoms with van der Waals surface area (Å²) in [6, 6.07) is 8.39. The summed E-state index contributed by atoms with van der Waals surface area (Å²) in [5, 5.41) is 0. The summed E-state index contributed by atoms with van der Waals surface area (Å²) in [5.74, 6) is -4.39. The largest absolute Gasteiger partial charge is 0.429 e. The van der Waals surface area contributed by atoms with Crippen molar-refractivity contribution < 1.29 is 26.7 Å². The van der Waals surface area contributed by atoms with Gasteiger partial charge in [-0.2, -0.15) is 8.78 Å². The van der Waals surface area contributed by atoms with Gasteiger partial charge in [-0.1, -0.05) is 12.1 Å². The molecule has 26 heavy (non-hydrogen) atoms. The molecule has 0 aliphatic rings. The van der Waals surface area contributed by atoms with Gasteiger partial charge in [0.05, 0.1) is 11.3 Å². The molecule has 0 bridgehead atoms. The molecule has 0 spiro atoms. The predicted molar refractivity (Wildman–Crippen MR) is 85.2 cm³/mol. The molecule has 0 aliphatic carbocycles. The monoisotopic (exact) mass is 365 g/mol. The molecule has 1 heterocycles. The topological polar surface area (TPSA) is 22.1 Å². The second-order valence-electron chi connectivity index (χ2n) is 5.61. The Hall–Kier alpha value is -2.96. The molecule has 0 N–H and O–H groups in total. The molecule has 0 radical (unpaired) electrons. The fourth-order valence-electron chi connectivity index (χ4n) is 2.29. The summed E-state index contributed by atoms with van der Waals surface area (Å²) in [7, 11) is 0. The zero-order valence-corrected chi connectivity index (χ0v) is 13.4. The van der Waals surface area contributed by atoms with E-state index in [1.54, 1.807) is 18.3 Å². The molecule has 1 aromatic heterocycles. The van der Waals surface area contributed by atoms with Crippen LogP contribution in [-0.4, -0.2) is 4.98 Å². The van der Waals surface area contributed by atoms with Crippen LogP contribution in [0.4, 0.5) is 22.0 Å². The van der Waals surface area contributed by atoms with E-state index >= 15 is 0 Å². The lowest BCUT2D eigenvalue weighted by Crippen LogP contribution is -2.23. The second kappa shape index (κ2) is 6.74. The molecule has 2 aromatic carbocycles. The number of ether oxygens (including phenoxy) is 1. The molecule has 0 amide bonds. The zero-order valence-electron chi connectivity index (χ0n) is 13.4. The highest BCUT2D eigenvalue weighted by atomic mass is 19.3. The Kier molecular flexibility index (Phi) is 4.63. The van der Waals surface area contributed by atoms with Crippen LogP contribution in [0.5, 0.6) is 5.75 Å². The van der Waals surface area contributed by atoms with Gasteiger partial charge in [-0.15, -0.1) is 0 Å². The summed E-state index contributed by atoms with van der Waals surface area (Å²) in [5.41, 5.74) is 0.608. The van der Waals surface area contributed by atoms with Crippen LogP contribution in [0, 0.1) is 24.4 Å². The van der Waals surface area contributed by atoms with Gasteiger partial charge in [-0.25, -0.2) is 13.2 Å². The van der Waals surface area contributed by atoms with Crippen molar-refractivity contribution >= 4 is 0 Å². The van der Waals surface area contributed by atoms with Gasteiger partial charge in [0.2, 0.25) is 0 Å². The fraction of sp³-hybridized carbons (Fsp3) is 0.105. The highest BCUT2D eigenvalue weighted by Gasteiger charge is 2.38. The van der Waals surface area contributed by atoms with Gasteiger partial charge in [0, 0.05) is 17.8 Å². The summed E-state index contributed by atoms with van der Waals surface area (Å²) < 4.78 is 73.1. The van der Waals surface area contributed by atoms with Crippen LogP contribution < -0.4 is 4.74 Å². The third kappa shape index (κ3) is 3.66. The number of aromatic nitrogens is 1. The van der Waals surface area contributed by atoms with Gasteiger partial charge < -0.3 is 4.74 Å². The Morgan fingerprint density at radius 3 is 2.23 bits per heavy atom. The normalized spacial score (nSPS) is 11.5. The molecule has 134 valence electrons. The van der Waals surface area contributed by atoms with Gasteiger partial charge >= 0.3 is 6.11 Å². The number of benzene rings is 2. The lowest BCUT2D eigenvalue weighted by molar-refractivity contribution is -0.187. The first-order valence-corrected chi connectivity index (χ1v) is 7.51. The van der Waals surface area contributed by atoms with E-state index in [4.69, 9.17) is 0 Å². The quantitative estimate of drug-likeness (QED) is 0.561. The Bertz CT molecular complexity index is 941. The van der Waals surface area contributed by atoms with Crippen molar-refractivity contribution in [3.8, 4) is 17.0 Å². The number of alkyl halides is 2. The first-order chi connectivity index (χ1) is 12.3. The van der Waals surface area contributed by atoms with E-state index in [-0.39, 0.29) is 0 Å². The minimum Gasteiger partial charge on any atom is -0.429 e. The first-order valence-electron chi connectivity index (χ1n) is 7.51. The fourth-order valence-corrected chi connectivity index (χ4v) is 2.29. The van der Waals surface area contributed by atoms with Crippen LogP contribution in [-0.2, 0) is 6.11 Å². The van der Waals surface area contributed by atoms with Crippen molar-refractivity contribution in [2.75, 3.05) is 0 Å². The van der Waals surface area contributed by atoms with Crippen molar-refractivity contribution in [2.24, 2.45) is 0 Å². The summed E-state index contributed by atoms with van der Waals surface area (Å²) in [6.45, 7) is 1.83. The number of pyridine rings is 1. The van der Waals surface area contributed by atoms with E-state index < -0.39 is 34.9 Å². The van der Waals surface area contributed by atoms with E-state index in [9.17, 15) is 22.0 Å². The van der Waals surface area contributed by atoms with Gasteiger partial charge in [0.25, 0.3) is 0 Å². The average Bonchev–Trinajstić information content (AvgIpc) is 2.58. The highest BCUT2D eigenvalue weighted by Crippen LogP contribution is 2.35. The Morgan fingerprint density at radius 1 is 0.846 bits per heavy atom. The number of aryl methyl sites for hydroxylation is 1. The molecule has 7 heteroatoms. The number of hydrogen-bond acceptors (Lipinski definition) is 2. The number of halogens is 5. The van der Waals surface area contributed by atoms with Crippen LogP contribution in [0.25, 0.3) is 11.3 Å². The van der Waals surface area contributed by atoms with Crippen LogP contribution in [0.1, 0.15) is 11.1 Å². The molecule has 3 aromatic rings. The lowest BCUT2D eigenvalue weighted by Gasteiger charge is -2.19. The molecule has 0 atom stereocenters. The van der Waals surface area contributed by atoms with Crippen molar-refractivity contribution in [2.45, 2.75) is 13.0 Å². The summed E-state index contributed by atoms with van der Waals surface area (Å²) in [4.78, 5) is 4.10. The molecular formula is C19H12F5NO. The second-order valence-corrected chi connectivity index (χ2v) is 5.61. The highest BCUT2D eigenvalue weighted by molar-refractivity contribution is 5.59. The van der Waals surface area contributed by atoms with E-state index in [0.717, 1.165) is 23.8 Å². The van der Waals surface area contributed by atoms with E-state index in [0.29, 0.717) is 23.4 Å². The molecule has 2 nitrogen and oxygen atoms in total. The molecule has 0 aliphatic heterocycles. The summed E-state index contributed by atoms with van der Waals surface area (Å²) in [6.07, 6.45) is -2.50. The van der Waals surface area contributed by atoms with E-state index in [1.807, 2.05) is 6.92 Å². The Morgan fingerprint density at radius 2 is 1.62 bits per heavy atom. The maximum atomic E-state index is 14.2. The van der Waals surface area contributed by atoms with E-state index in [1.165, 1.54) is 6.07 Å². The van der Waals surface area contributed by atoms with Crippen molar-refractivity contribution in [3.63, 3.8) is 0 Å². The average molecular weight is 365 g/mol. The Balaban J connectivity index is 1.89. The lowest BCUT2D eigenvalue weighted by atomic mass is 10.1. The standard InChI is InChI=1S/C19H12F5NO/c1-11-2-7-18(25-10-11)12-3-5-14(16(21)8-12)19(23,24)26-13-4-6-15(20)17(22)9-13/h2-10H,1H3. The van der Waals surface area contributed by atoms with Crippen LogP contribution in [0.2, 0.25) is 0 Å². The minimum absolute atomic E-state index is 0.315. The van der Waals surface area contributed by atoms with Gasteiger partial charge in [-0.3, -0.25) is 4.98 Å². The van der Waals surface area contributed by atoms with Crippen molar-refractivity contribution in [1.82, 2.24) is 4.98 Å². The Labute approximate surface area is 145 Å². The van der Waals surface area contributed by atoms with Gasteiger partial charge in [-0.05, 0) is 42.8 Å². The number of rotatable bonds is 4. The maximum absolute atomic E-state index is 14.2. The van der Waals surface area contributed by atoms with Crippen LogP contribution in [0.15, 0.2) is 54.7 Å². The SMILES string of the molecule is Cc1ccc(-c2ccc(C(F)(F)Oc3ccc(F)c(F)c3)c(F)c2)nc1. The third-order valence-corrected chi connectivity index (χ3v) is 3.63. The first kappa shape index (κ1) is 17.8. The maximum Gasteiger partial charge on any atom is 0.429 e. The number of nitrogens with zero attached hydrogens (tertiary/aromatic N) is 1. The molecular weight excluding hydrogens is 353 g/mol.